The van der Waals surface area contributed by atoms with Gasteiger partial charge in [-0.25, -0.2) is 0 Å². The van der Waals surface area contributed by atoms with Crippen LogP contribution in [0.15, 0.2) is 24.3 Å². The molecule has 18 heavy (non-hydrogen) atoms. The van der Waals surface area contributed by atoms with Crippen LogP contribution in [0.4, 0.5) is 5.69 Å². The highest BCUT2D eigenvalue weighted by Crippen LogP contribution is 2.30. The molecule has 0 radical (unpaired) electrons. The molecular weight excluding hydrogens is 333 g/mol. The van der Waals surface area contributed by atoms with E-state index >= 15 is 0 Å². The number of halogens is 1. The maximum atomic E-state index is 3.70. The van der Waals surface area contributed by atoms with E-state index in [0.717, 1.165) is 11.8 Å². The first-order chi connectivity index (χ1) is 8.65. The van der Waals surface area contributed by atoms with E-state index in [4.69, 9.17) is 0 Å². The smallest absolute Gasteiger partial charge is 0.0343 e. The number of benzene rings is 1. The Morgan fingerprint density at radius 1 is 1.06 bits per heavy atom. The predicted octanol–water partition coefficient (Wildman–Crippen LogP) is 5.31. The van der Waals surface area contributed by atoms with Crippen LogP contribution in [0.1, 0.15) is 46.0 Å². The maximum Gasteiger partial charge on any atom is 0.0343 e. The minimum Gasteiger partial charge on any atom is -0.382 e. The van der Waals surface area contributed by atoms with Crippen molar-refractivity contribution in [1.29, 1.82) is 0 Å². The van der Waals surface area contributed by atoms with Crippen molar-refractivity contribution in [2.75, 3.05) is 5.32 Å². The lowest BCUT2D eigenvalue weighted by Crippen LogP contribution is -2.18. The van der Waals surface area contributed by atoms with E-state index in [-0.39, 0.29) is 0 Å². The molecule has 0 aliphatic heterocycles. The van der Waals surface area contributed by atoms with E-state index in [1.165, 1.54) is 41.4 Å². The first-order valence-corrected chi connectivity index (χ1v) is 8.25. The Bertz CT molecular complexity index is 358. The normalized spacial score (nSPS) is 24.9. The molecule has 2 heteroatoms. The Hall–Kier alpha value is -0.250. The van der Waals surface area contributed by atoms with Gasteiger partial charge in [0.2, 0.25) is 0 Å². The van der Waals surface area contributed by atoms with E-state index < -0.39 is 0 Å². The topological polar surface area (TPSA) is 12.0 Å². The molecule has 0 heterocycles. The van der Waals surface area contributed by atoms with Crippen LogP contribution in [0, 0.1) is 15.4 Å². The Morgan fingerprint density at radius 2 is 1.78 bits per heavy atom. The van der Waals surface area contributed by atoms with Crippen molar-refractivity contribution in [3.8, 4) is 0 Å². The zero-order chi connectivity index (χ0) is 13.0. The molecule has 1 N–H and O–H groups in total. The van der Waals surface area contributed by atoms with E-state index in [9.17, 15) is 0 Å². The second-order valence-electron chi connectivity index (χ2n) is 5.86. The van der Waals surface area contributed by atoms with Crippen LogP contribution in [0.25, 0.3) is 0 Å². The Kier molecular flexibility index (Phi) is 5.34. The highest BCUT2D eigenvalue weighted by Gasteiger charge is 2.20. The molecule has 0 bridgehead atoms. The monoisotopic (exact) mass is 357 g/mol. The summed E-state index contributed by atoms with van der Waals surface area (Å²) >= 11 is 2.36. The average Bonchev–Trinajstić information content (AvgIpc) is 2.58. The fourth-order valence-corrected chi connectivity index (χ4v) is 3.28. The molecule has 0 amide bonds. The predicted molar refractivity (Wildman–Crippen MR) is 88.0 cm³/mol. The molecule has 2 unspecified atom stereocenters. The van der Waals surface area contributed by atoms with Gasteiger partial charge >= 0.3 is 0 Å². The number of anilines is 1. The van der Waals surface area contributed by atoms with Crippen LogP contribution in [0.5, 0.6) is 0 Å². The summed E-state index contributed by atoms with van der Waals surface area (Å²) in [5, 5.41) is 3.70. The van der Waals surface area contributed by atoms with Gasteiger partial charge in [0.1, 0.15) is 0 Å². The Morgan fingerprint density at radius 3 is 2.44 bits per heavy atom. The van der Waals surface area contributed by atoms with Gasteiger partial charge in [-0.05, 0) is 78.0 Å². The summed E-state index contributed by atoms with van der Waals surface area (Å²) < 4.78 is 1.30. The van der Waals surface area contributed by atoms with Crippen molar-refractivity contribution >= 4 is 28.3 Å². The molecule has 1 saturated carbocycles. The number of hydrogen-bond acceptors (Lipinski definition) is 1. The van der Waals surface area contributed by atoms with E-state index in [0.29, 0.717) is 6.04 Å². The largest absolute Gasteiger partial charge is 0.382 e. The SMILES string of the molecule is CC(C)C1CCCC(Nc2ccc(I)cc2)CC1. The Labute approximate surface area is 125 Å². The minimum atomic E-state index is 0.675. The zero-order valence-electron chi connectivity index (χ0n) is 11.5. The molecule has 1 aliphatic carbocycles. The first kappa shape index (κ1) is 14.2. The van der Waals surface area contributed by atoms with Crippen LogP contribution < -0.4 is 5.32 Å². The van der Waals surface area contributed by atoms with Gasteiger partial charge in [0.15, 0.2) is 0 Å². The lowest BCUT2D eigenvalue weighted by atomic mass is 9.89. The van der Waals surface area contributed by atoms with Crippen LogP contribution in [0.3, 0.4) is 0 Å². The average molecular weight is 357 g/mol. The molecule has 2 rings (SSSR count). The quantitative estimate of drug-likeness (QED) is 0.571. The third kappa shape index (κ3) is 4.15. The molecule has 0 saturated heterocycles. The van der Waals surface area contributed by atoms with Crippen molar-refractivity contribution in [2.45, 2.75) is 52.0 Å². The van der Waals surface area contributed by atoms with Crippen molar-refractivity contribution in [3.05, 3.63) is 27.8 Å². The molecule has 1 nitrogen and oxygen atoms in total. The lowest BCUT2D eigenvalue weighted by molar-refractivity contribution is 0.341. The van der Waals surface area contributed by atoms with Crippen LogP contribution >= 0.6 is 22.6 Å². The van der Waals surface area contributed by atoms with Gasteiger partial charge < -0.3 is 5.32 Å². The second kappa shape index (κ2) is 6.78. The van der Waals surface area contributed by atoms with Gasteiger partial charge in [0.25, 0.3) is 0 Å². The van der Waals surface area contributed by atoms with Crippen molar-refractivity contribution in [1.82, 2.24) is 0 Å². The number of nitrogens with one attached hydrogen (secondary N) is 1. The zero-order valence-corrected chi connectivity index (χ0v) is 13.6. The van der Waals surface area contributed by atoms with Crippen molar-refractivity contribution in [2.24, 2.45) is 11.8 Å². The summed E-state index contributed by atoms with van der Waals surface area (Å²) in [4.78, 5) is 0. The van der Waals surface area contributed by atoms with Gasteiger partial charge in [-0.2, -0.15) is 0 Å². The summed E-state index contributed by atoms with van der Waals surface area (Å²) in [5.41, 5.74) is 1.28. The van der Waals surface area contributed by atoms with E-state index in [1.807, 2.05) is 0 Å². The Balaban J connectivity index is 1.88. The first-order valence-electron chi connectivity index (χ1n) is 7.17. The summed E-state index contributed by atoms with van der Waals surface area (Å²) in [6, 6.07) is 9.43. The van der Waals surface area contributed by atoms with Crippen molar-refractivity contribution in [3.63, 3.8) is 0 Å². The molecule has 2 atom stereocenters. The van der Waals surface area contributed by atoms with Gasteiger partial charge in [0, 0.05) is 15.3 Å². The fraction of sp³-hybridized carbons (Fsp3) is 0.625. The second-order valence-corrected chi connectivity index (χ2v) is 7.11. The number of rotatable bonds is 3. The maximum absolute atomic E-state index is 3.70. The lowest BCUT2D eigenvalue weighted by Gasteiger charge is -2.19. The van der Waals surface area contributed by atoms with Crippen LogP contribution in [-0.4, -0.2) is 6.04 Å². The van der Waals surface area contributed by atoms with Crippen LogP contribution in [-0.2, 0) is 0 Å². The standard InChI is InChI=1S/C16H24IN/c1-12(2)13-4-3-5-15(9-6-13)18-16-10-7-14(17)8-11-16/h7-8,10-13,15,18H,3-6,9H2,1-2H3. The molecule has 1 fully saturated rings. The van der Waals surface area contributed by atoms with E-state index in [2.05, 4.69) is 66.0 Å². The van der Waals surface area contributed by atoms with Crippen molar-refractivity contribution < 1.29 is 0 Å². The highest BCUT2D eigenvalue weighted by atomic mass is 127. The van der Waals surface area contributed by atoms with Crippen LogP contribution in [0.2, 0.25) is 0 Å². The third-order valence-corrected chi connectivity index (χ3v) is 4.89. The van der Waals surface area contributed by atoms with Gasteiger partial charge in [-0.1, -0.05) is 26.7 Å². The molecule has 1 aliphatic rings. The highest BCUT2D eigenvalue weighted by molar-refractivity contribution is 14.1. The third-order valence-electron chi connectivity index (χ3n) is 4.17. The molecule has 1 aromatic rings. The summed E-state index contributed by atoms with van der Waals surface area (Å²) in [5.74, 6) is 1.79. The summed E-state index contributed by atoms with van der Waals surface area (Å²) in [6.45, 7) is 4.75. The summed E-state index contributed by atoms with van der Waals surface area (Å²) in [7, 11) is 0. The molecule has 100 valence electrons. The molecule has 0 spiro atoms. The molecular formula is C16H24IN. The van der Waals surface area contributed by atoms with E-state index in [1.54, 1.807) is 0 Å². The molecule has 1 aromatic carbocycles. The number of hydrogen-bond donors (Lipinski definition) is 1. The van der Waals surface area contributed by atoms with Gasteiger partial charge in [-0.15, -0.1) is 0 Å². The van der Waals surface area contributed by atoms with Gasteiger partial charge in [0.05, 0.1) is 0 Å². The fourth-order valence-electron chi connectivity index (χ4n) is 2.92. The molecule has 0 aromatic heterocycles. The minimum absolute atomic E-state index is 0.675. The summed E-state index contributed by atoms with van der Waals surface area (Å²) in [6.07, 6.45) is 6.84. The van der Waals surface area contributed by atoms with Gasteiger partial charge in [-0.3, -0.25) is 0 Å².